The third-order valence-corrected chi connectivity index (χ3v) is 3.67. The van der Waals surface area contributed by atoms with Crippen LogP contribution in [0.4, 0.5) is 11.4 Å². The molecule has 0 bridgehead atoms. The predicted molar refractivity (Wildman–Crippen MR) is 87.2 cm³/mol. The predicted octanol–water partition coefficient (Wildman–Crippen LogP) is 1.06. The lowest BCUT2D eigenvalue weighted by molar-refractivity contribution is -0.00000506. The summed E-state index contributed by atoms with van der Waals surface area (Å²) in [7, 11) is 0. The van der Waals surface area contributed by atoms with Crippen molar-refractivity contribution in [2.45, 2.75) is 6.92 Å². The first-order valence-electron chi connectivity index (χ1n) is 7.33. The molecule has 0 unspecified atom stereocenters. The van der Waals surface area contributed by atoms with E-state index in [0.29, 0.717) is 13.2 Å². The Hall–Kier alpha value is -2.46. The summed E-state index contributed by atoms with van der Waals surface area (Å²) < 4.78 is 11.2. The molecule has 2 heterocycles. The van der Waals surface area contributed by atoms with E-state index in [1.807, 2.05) is 43.3 Å². The molecule has 0 fully saturated rings. The average molecular weight is 328 g/mol. The number of aryl methyl sites for hydroxylation is 1. The van der Waals surface area contributed by atoms with Crippen LogP contribution in [0.5, 0.6) is 11.5 Å². The van der Waals surface area contributed by atoms with Crippen LogP contribution in [0.15, 0.2) is 48.5 Å². The molecule has 0 saturated carbocycles. The quantitative estimate of drug-likeness (QED) is 0.764. The van der Waals surface area contributed by atoms with Crippen LogP contribution in [0, 0.1) is 6.92 Å². The second-order valence-electron chi connectivity index (χ2n) is 5.31. The molecule has 4 rings (SSSR count). The number of hydrogen-bond donors (Lipinski definition) is 1. The maximum Gasteiger partial charge on any atom is 0.163 e. The monoisotopic (exact) mass is 327 g/mol. The Morgan fingerprint density at radius 3 is 2.61 bits per heavy atom. The number of rotatable bonds is 2. The number of nitrogens with one attached hydrogen (secondary N) is 1. The number of para-hydroxylation sites is 1. The third kappa shape index (κ3) is 3.03. The molecule has 3 aromatic rings. The summed E-state index contributed by atoms with van der Waals surface area (Å²) in [5.74, 6) is 1.58. The number of pyridine rings is 1. The van der Waals surface area contributed by atoms with Crippen LogP contribution < -0.4 is 27.2 Å². The first-order chi connectivity index (χ1) is 10.8. The largest absolute Gasteiger partial charge is 1.00 e. The van der Waals surface area contributed by atoms with Gasteiger partial charge in [-0.05, 0) is 31.2 Å². The minimum Gasteiger partial charge on any atom is -1.00 e. The highest BCUT2D eigenvalue weighted by Crippen LogP contribution is 2.34. The highest BCUT2D eigenvalue weighted by molar-refractivity contribution is 5.93. The van der Waals surface area contributed by atoms with Crippen LogP contribution >= 0.6 is 0 Å². The minimum atomic E-state index is 0. The lowest BCUT2D eigenvalue weighted by atomic mass is 10.1. The number of fused-ring (bicyclic) bond motifs is 2. The molecule has 1 aromatic heterocycles. The van der Waals surface area contributed by atoms with Gasteiger partial charge < -0.3 is 27.2 Å². The molecule has 118 valence electrons. The smallest absolute Gasteiger partial charge is 0.163 e. The molecule has 0 radical (unpaired) electrons. The van der Waals surface area contributed by atoms with E-state index in [1.165, 1.54) is 0 Å². The Balaban J connectivity index is 0.00000156. The van der Waals surface area contributed by atoms with Crippen LogP contribution in [0.2, 0.25) is 0 Å². The Labute approximate surface area is 140 Å². The Morgan fingerprint density at radius 1 is 0.957 bits per heavy atom. The van der Waals surface area contributed by atoms with Crippen molar-refractivity contribution in [3.8, 4) is 11.5 Å². The Bertz CT molecular complexity index is 852. The van der Waals surface area contributed by atoms with Gasteiger partial charge >= 0.3 is 0 Å². The van der Waals surface area contributed by atoms with Gasteiger partial charge in [0.15, 0.2) is 11.5 Å². The summed E-state index contributed by atoms with van der Waals surface area (Å²) in [5.41, 5.74) is 3.99. The fraction of sp³-hybridized carbons (Fsp3) is 0.167. The molecule has 4 nitrogen and oxygen atoms in total. The van der Waals surface area contributed by atoms with Gasteiger partial charge in [0.2, 0.25) is 0 Å². The van der Waals surface area contributed by atoms with Crippen LogP contribution in [0.1, 0.15) is 5.69 Å². The molecule has 0 spiro atoms. The molecule has 1 aliphatic heterocycles. The van der Waals surface area contributed by atoms with Crippen LogP contribution in [-0.4, -0.2) is 18.2 Å². The number of halogens is 1. The minimum absolute atomic E-state index is 0. The van der Waals surface area contributed by atoms with Crippen molar-refractivity contribution in [1.29, 1.82) is 0 Å². The molecular weight excluding hydrogens is 312 g/mol. The molecule has 0 saturated heterocycles. The van der Waals surface area contributed by atoms with E-state index in [4.69, 9.17) is 9.47 Å². The topological polar surface area (TPSA) is 43.4 Å². The van der Waals surface area contributed by atoms with Crippen LogP contribution in [-0.2, 0) is 0 Å². The lowest BCUT2D eigenvalue weighted by Crippen LogP contribution is -3.00. The van der Waals surface area contributed by atoms with Gasteiger partial charge in [-0.3, -0.25) is 4.98 Å². The van der Waals surface area contributed by atoms with Gasteiger partial charge in [0.1, 0.15) is 13.2 Å². The summed E-state index contributed by atoms with van der Waals surface area (Å²) in [6.45, 7) is 3.20. The van der Waals surface area contributed by atoms with Gasteiger partial charge in [-0.25, -0.2) is 0 Å². The average Bonchev–Trinajstić information content (AvgIpc) is 2.54. The van der Waals surface area contributed by atoms with Gasteiger partial charge in [0, 0.05) is 28.5 Å². The maximum atomic E-state index is 5.64. The van der Waals surface area contributed by atoms with E-state index >= 15 is 0 Å². The number of hydrogen-bond acceptors (Lipinski definition) is 4. The molecule has 0 amide bonds. The first-order valence-corrected chi connectivity index (χ1v) is 7.33. The maximum absolute atomic E-state index is 5.64. The van der Waals surface area contributed by atoms with Crippen molar-refractivity contribution in [3.05, 3.63) is 54.2 Å². The first kappa shape index (κ1) is 15.4. The van der Waals surface area contributed by atoms with E-state index in [2.05, 4.69) is 22.4 Å². The zero-order valence-corrected chi connectivity index (χ0v) is 13.4. The van der Waals surface area contributed by atoms with Gasteiger partial charge in [-0.1, -0.05) is 18.2 Å². The van der Waals surface area contributed by atoms with Crippen molar-refractivity contribution >= 4 is 22.3 Å². The highest BCUT2D eigenvalue weighted by atomic mass is 35.5. The molecule has 2 aromatic carbocycles. The summed E-state index contributed by atoms with van der Waals surface area (Å²) in [6.07, 6.45) is 0. The number of benzene rings is 2. The highest BCUT2D eigenvalue weighted by Gasteiger charge is 2.12. The zero-order valence-electron chi connectivity index (χ0n) is 12.7. The molecule has 0 aliphatic carbocycles. The van der Waals surface area contributed by atoms with E-state index in [-0.39, 0.29) is 12.4 Å². The van der Waals surface area contributed by atoms with Gasteiger partial charge in [0.05, 0.1) is 5.52 Å². The second kappa shape index (κ2) is 6.34. The molecule has 5 heteroatoms. The van der Waals surface area contributed by atoms with E-state index in [1.54, 1.807) is 0 Å². The Morgan fingerprint density at radius 2 is 1.74 bits per heavy atom. The van der Waals surface area contributed by atoms with Crippen molar-refractivity contribution in [2.75, 3.05) is 18.5 Å². The van der Waals surface area contributed by atoms with E-state index in [9.17, 15) is 0 Å². The SMILES string of the molecule is Cc1cc(Nc2ccc3c(c2)OCCO3)c2ccccc2n1.[Cl-]. The van der Waals surface area contributed by atoms with Gasteiger partial charge in [-0.2, -0.15) is 0 Å². The number of aromatic nitrogens is 1. The van der Waals surface area contributed by atoms with Gasteiger partial charge in [0.25, 0.3) is 0 Å². The van der Waals surface area contributed by atoms with Crippen molar-refractivity contribution < 1.29 is 21.9 Å². The second-order valence-corrected chi connectivity index (χ2v) is 5.31. The molecule has 0 atom stereocenters. The normalized spacial score (nSPS) is 12.6. The summed E-state index contributed by atoms with van der Waals surface area (Å²) in [4.78, 5) is 4.56. The fourth-order valence-corrected chi connectivity index (χ4v) is 2.69. The number of anilines is 2. The van der Waals surface area contributed by atoms with E-state index < -0.39 is 0 Å². The standard InChI is InChI=1S/C18H16N2O2.ClH/c1-12-10-16(14-4-2-3-5-15(14)19-12)20-13-6-7-17-18(11-13)22-9-8-21-17;/h2-7,10-11H,8-9H2,1H3,(H,19,20);1H/p-1. The zero-order chi connectivity index (χ0) is 14.9. The van der Waals surface area contributed by atoms with Crippen LogP contribution in [0.25, 0.3) is 10.9 Å². The van der Waals surface area contributed by atoms with Gasteiger partial charge in [-0.15, -0.1) is 0 Å². The van der Waals surface area contributed by atoms with Crippen LogP contribution in [0.3, 0.4) is 0 Å². The van der Waals surface area contributed by atoms with Crippen molar-refractivity contribution in [1.82, 2.24) is 4.98 Å². The molecule has 1 aliphatic rings. The molecular formula is C18H16ClN2O2-. The number of nitrogens with zero attached hydrogens (tertiary/aromatic N) is 1. The summed E-state index contributed by atoms with van der Waals surface area (Å²) >= 11 is 0. The van der Waals surface area contributed by atoms with Crippen molar-refractivity contribution in [3.63, 3.8) is 0 Å². The molecule has 23 heavy (non-hydrogen) atoms. The summed E-state index contributed by atoms with van der Waals surface area (Å²) in [5, 5.41) is 4.56. The third-order valence-electron chi connectivity index (χ3n) is 3.67. The van der Waals surface area contributed by atoms with Crippen molar-refractivity contribution in [2.24, 2.45) is 0 Å². The Kier molecular flexibility index (Phi) is 4.26. The molecule has 1 N–H and O–H groups in total. The summed E-state index contributed by atoms with van der Waals surface area (Å²) in [6, 6.07) is 16.1. The van der Waals surface area contributed by atoms with E-state index in [0.717, 1.165) is 39.5 Å². The lowest BCUT2D eigenvalue weighted by Gasteiger charge is -2.19. The number of ether oxygens (including phenoxy) is 2. The fourth-order valence-electron chi connectivity index (χ4n) is 2.69.